The van der Waals surface area contributed by atoms with Crippen molar-refractivity contribution in [3.05, 3.63) is 71.8 Å². The van der Waals surface area contributed by atoms with Crippen molar-refractivity contribution in [2.24, 2.45) is 0 Å². The average Bonchev–Trinajstić information content (AvgIpc) is 2.61. The molecular formula is C23H29NO3. The van der Waals surface area contributed by atoms with Gasteiger partial charge >= 0.3 is 6.09 Å². The van der Waals surface area contributed by atoms with Gasteiger partial charge in [0.25, 0.3) is 0 Å². The number of benzene rings is 2. The van der Waals surface area contributed by atoms with Crippen molar-refractivity contribution in [1.82, 2.24) is 4.90 Å². The lowest BCUT2D eigenvalue weighted by Crippen LogP contribution is -2.65. The molecule has 1 fully saturated rings. The number of carbonyl (C=O) groups excluding carboxylic acids is 1. The number of hydrogen-bond acceptors (Lipinski definition) is 3. The maximum absolute atomic E-state index is 13.2. The number of amides is 1. The summed E-state index contributed by atoms with van der Waals surface area (Å²) in [5, 5.41) is 0. The average molecular weight is 367 g/mol. The minimum atomic E-state index is -0.548. The summed E-state index contributed by atoms with van der Waals surface area (Å²) >= 11 is 0. The van der Waals surface area contributed by atoms with Crippen molar-refractivity contribution in [3.63, 3.8) is 0 Å². The third-order valence-electron chi connectivity index (χ3n) is 5.04. The largest absolute Gasteiger partial charge is 0.444 e. The van der Waals surface area contributed by atoms with E-state index in [1.165, 1.54) is 0 Å². The Morgan fingerprint density at radius 2 is 1.70 bits per heavy atom. The van der Waals surface area contributed by atoms with Crippen LogP contribution in [-0.2, 0) is 16.0 Å². The van der Waals surface area contributed by atoms with Gasteiger partial charge in [-0.2, -0.15) is 0 Å². The monoisotopic (exact) mass is 367 g/mol. The second kappa shape index (κ2) is 7.73. The highest BCUT2D eigenvalue weighted by Gasteiger charge is 2.54. The van der Waals surface area contributed by atoms with Gasteiger partial charge < -0.3 is 9.47 Å². The van der Waals surface area contributed by atoms with Gasteiger partial charge in [-0.25, -0.2) is 4.79 Å². The van der Waals surface area contributed by atoms with Crippen LogP contribution in [0.2, 0.25) is 0 Å². The van der Waals surface area contributed by atoms with E-state index < -0.39 is 11.1 Å². The number of ether oxygens (including phenoxy) is 2. The predicted octanol–water partition coefficient (Wildman–Crippen LogP) is 5.34. The second-order valence-electron chi connectivity index (χ2n) is 8.11. The van der Waals surface area contributed by atoms with Crippen LogP contribution in [0.1, 0.15) is 51.3 Å². The first kappa shape index (κ1) is 19.4. The van der Waals surface area contributed by atoms with Gasteiger partial charge in [0.15, 0.2) is 0 Å². The molecule has 1 amide bonds. The third-order valence-corrected chi connectivity index (χ3v) is 5.04. The molecule has 144 valence electrons. The van der Waals surface area contributed by atoms with Gasteiger partial charge in [0.2, 0.25) is 0 Å². The lowest BCUT2D eigenvalue weighted by molar-refractivity contribution is -0.204. The topological polar surface area (TPSA) is 38.8 Å². The molecule has 1 aliphatic heterocycles. The molecule has 1 aliphatic rings. The molecule has 2 atom stereocenters. The predicted molar refractivity (Wildman–Crippen MR) is 106 cm³/mol. The van der Waals surface area contributed by atoms with E-state index in [9.17, 15) is 4.79 Å². The van der Waals surface area contributed by atoms with Crippen LogP contribution in [0.4, 0.5) is 4.79 Å². The summed E-state index contributed by atoms with van der Waals surface area (Å²) in [6, 6.07) is 20.2. The fourth-order valence-electron chi connectivity index (χ4n) is 3.58. The van der Waals surface area contributed by atoms with E-state index >= 15 is 0 Å². The second-order valence-corrected chi connectivity index (χ2v) is 8.11. The molecule has 27 heavy (non-hydrogen) atoms. The molecule has 4 heteroatoms. The van der Waals surface area contributed by atoms with Crippen LogP contribution in [0.5, 0.6) is 0 Å². The van der Waals surface area contributed by atoms with Crippen LogP contribution >= 0.6 is 0 Å². The van der Waals surface area contributed by atoms with Crippen molar-refractivity contribution in [2.45, 2.75) is 57.9 Å². The molecule has 2 aromatic rings. The van der Waals surface area contributed by atoms with Crippen LogP contribution in [0.3, 0.4) is 0 Å². The number of hydrogen-bond donors (Lipinski definition) is 0. The van der Waals surface area contributed by atoms with Crippen LogP contribution in [0.15, 0.2) is 60.7 Å². The van der Waals surface area contributed by atoms with Gasteiger partial charge in [-0.05, 0) is 38.3 Å². The van der Waals surface area contributed by atoms with E-state index in [1.807, 2.05) is 74.2 Å². The standard InChI is InChI=1S/C23H29NO3/c1-5-23(17-26-20(23)19-14-10-7-11-15-19)24(21(25)27-22(2,3)4)16-18-12-8-6-9-13-18/h6-15,20H,5,16-17H2,1-4H3/t20-,23-/m0/s1. The molecule has 4 nitrogen and oxygen atoms in total. The molecule has 2 aromatic carbocycles. The molecular weight excluding hydrogens is 338 g/mol. The molecule has 0 unspecified atom stereocenters. The van der Waals surface area contributed by atoms with Crippen molar-refractivity contribution in [2.75, 3.05) is 6.61 Å². The van der Waals surface area contributed by atoms with Crippen molar-refractivity contribution >= 4 is 6.09 Å². The normalized spacial score (nSPS) is 22.0. The zero-order valence-electron chi connectivity index (χ0n) is 16.6. The first-order valence-corrected chi connectivity index (χ1v) is 9.57. The lowest BCUT2D eigenvalue weighted by Gasteiger charge is -2.55. The van der Waals surface area contributed by atoms with E-state index in [-0.39, 0.29) is 12.2 Å². The van der Waals surface area contributed by atoms with E-state index in [1.54, 1.807) is 0 Å². The van der Waals surface area contributed by atoms with Crippen LogP contribution < -0.4 is 0 Å². The highest BCUT2D eigenvalue weighted by Crippen LogP contribution is 2.46. The number of carbonyl (C=O) groups is 1. The van der Waals surface area contributed by atoms with Gasteiger partial charge in [-0.15, -0.1) is 0 Å². The molecule has 3 rings (SSSR count). The molecule has 0 saturated carbocycles. The summed E-state index contributed by atoms with van der Waals surface area (Å²) in [5.41, 5.74) is 1.20. The molecule has 1 saturated heterocycles. The smallest absolute Gasteiger partial charge is 0.411 e. The van der Waals surface area contributed by atoms with E-state index in [2.05, 4.69) is 19.1 Å². The Hall–Kier alpha value is -2.33. The van der Waals surface area contributed by atoms with Crippen molar-refractivity contribution in [3.8, 4) is 0 Å². The maximum atomic E-state index is 13.2. The van der Waals surface area contributed by atoms with Crippen LogP contribution in [0, 0.1) is 0 Å². The first-order chi connectivity index (χ1) is 12.9. The SMILES string of the molecule is CC[C@]1(N(Cc2ccccc2)C(=O)OC(C)(C)C)CO[C@H]1c1ccccc1. The molecule has 0 aliphatic carbocycles. The summed E-state index contributed by atoms with van der Waals surface area (Å²) < 4.78 is 11.7. The molecule has 0 aromatic heterocycles. The van der Waals surface area contributed by atoms with E-state index in [0.29, 0.717) is 13.2 Å². The van der Waals surface area contributed by atoms with Crippen molar-refractivity contribution < 1.29 is 14.3 Å². The summed E-state index contributed by atoms with van der Waals surface area (Å²) in [5.74, 6) is 0. The fraction of sp³-hybridized carbons (Fsp3) is 0.435. The lowest BCUT2D eigenvalue weighted by atomic mass is 9.79. The Bertz CT molecular complexity index is 750. The number of nitrogens with zero attached hydrogens (tertiary/aromatic N) is 1. The summed E-state index contributed by atoms with van der Waals surface area (Å²) in [4.78, 5) is 15.1. The van der Waals surface area contributed by atoms with E-state index in [0.717, 1.165) is 17.5 Å². The maximum Gasteiger partial charge on any atom is 0.411 e. The quantitative estimate of drug-likeness (QED) is 0.715. The molecule has 0 bridgehead atoms. The Morgan fingerprint density at radius 3 is 2.19 bits per heavy atom. The van der Waals surface area contributed by atoms with Gasteiger partial charge in [0.05, 0.1) is 12.1 Å². The summed E-state index contributed by atoms with van der Waals surface area (Å²) in [7, 11) is 0. The highest BCUT2D eigenvalue weighted by molar-refractivity contribution is 5.70. The summed E-state index contributed by atoms with van der Waals surface area (Å²) in [6.07, 6.45) is 0.343. The Labute approximate surface area is 162 Å². The Morgan fingerprint density at radius 1 is 1.11 bits per heavy atom. The van der Waals surface area contributed by atoms with Gasteiger partial charge in [0, 0.05) is 6.54 Å². The first-order valence-electron chi connectivity index (χ1n) is 9.57. The van der Waals surface area contributed by atoms with Crippen LogP contribution in [0.25, 0.3) is 0 Å². The Kier molecular flexibility index (Phi) is 5.56. The van der Waals surface area contributed by atoms with E-state index in [4.69, 9.17) is 9.47 Å². The molecule has 0 N–H and O–H groups in total. The minimum Gasteiger partial charge on any atom is -0.444 e. The highest BCUT2D eigenvalue weighted by atomic mass is 16.6. The third kappa shape index (κ3) is 4.16. The van der Waals surface area contributed by atoms with Gasteiger partial charge in [0.1, 0.15) is 11.7 Å². The molecule has 1 heterocycles. The van der Waals surface area contributed by atoms with Gasteiger partial charge in [-0.3, -0.25) is 4.90 Å². The summed E-state index contributed by atoms with van der Waals surface area (Å²) in [6.45, 7) is 8.81. The fourth-order valence-corrected chi connectivity index (χ4v) is 3.58. The number of rotatable bonds is 5. The molecule has 0 radical (unpaired) electrons. The van der Waals surface area contributed by atoms with Crippen LogP contribution in [-0.4, -0.2) is 28.7 Å². The zero-order chi connectivity index (χ0) is 19.5. The van der Waals surface area contributed by atoms with Gasteiger partial charge in [-0.1, -0.05) is 67.6 Å². The minimum absolute atomic E-state index is 0.153. The molecule has 0 spiro atoms. The zero-order valence-corrected chi connectivity index (χ0v) is 16.6. The van der Waals surface area contributed by atoms with Crippen molar-refractivity contribution in [1.29, 1.82) is 0 Å². The Balaban J connectivity index is 1.95.